The third-order valence-corrected chi connectivity index (χ3v) is 7.03. The Morgan fingerprint density at radius 1 is 1.03 bits per heavy atom. The Hall–Kier alpha value is -3.35. The first-order valence-electron chi connectivity index (χ1n) is 12.1. The van der Waals surface area contributed by atoms with Crippen molar-refractivity contribution in [2.45, 2.75) is 63.5 Å². The third kappa shape index (κ3) is 5.41. The van der Waals surface area contributed by atoms with Crippen LogP contribution in [0.4, 0.5) is 4.79 Å². The average Bonchev–Trinajstić information content (AvgIpc) is 3.38. The zero-order valence-corrected chi connectivity index (χ0v) is 19.5. The van der Waals surface area contributed by atoms with Crippen molar-refractivity contribution in [2.24, 2.45) is 5.92 Å². The number of benzene rings is 2. The van der Waals surface area contributed by atoms with E-state index < -0.39 is 12.1 Å². The molecule has 0 spiro atoms. The normalized spacial score (nSPS) is 19.7. The van der Waals surface area contributed by atoms with Crippen LogP contribution in [0.1, 0.15) is 62.5 Å². The molecule has 0 aromatic heterocycles. The third-order valence-electron chi connectivity index (χ3n) is 7.03. The summed E-state index contributed by atoms with van der Waals surface area (Å²) in [6.45, 7) is 2.11. The van der Waals surface area contributed by atoms with Crippen molar-refractivity contribution < 1.29 is 24.2 Å². The number of rotatable bonds is 9. The first-order valence-corrected chi connectivity index (χ1v) is 12.1. The van der Waals surface area contributed by atoms with E-state index in [9.17, 15) is 14.4 Å². The fourth-order valence-electron chi connectivity index (χ4n) is 5.30. The highest BCUT2D eigenvalue weighted by molar-refractivity contribution is 5.79. The van der Waals surface area contributed by atoms with Crippen molar-refractivity contribution in [1.82, 2.24) is 10.6 Å². The van der Waals surface area contributed by atoms with Crippen molar-refractivity contribution in [3.05, 3.63) is 59.7 Å². The number of hydrogen-bond donors (Lipinski definition) is 3. The van der Waals surface area contributed by atoms with Crippen LogP contribution in [0.5, 0.6) is 0 Å². The number of alkyl carbamates (subject to hydrolysis) is 1. The molecule has 2 amide bonds. The average molecular weight is 465 g/mol. The van der Waals surface area contributed by atoms with Gasteiger partial charge in [0.15, 0.2) is 0 Å². The molecule has 4 rings (SSSR count). The van der Waals surface area contributed by atoms with Crippen LogP contribution in [0.2, 0.25) is 0 Å². The molecule has 2 unspecified atom stereocenters. The van der Waals surface area contributed by atoms with Gasteiger partial charge in [-0.3, -0.25) is 9.59 Å². The fraction of sp³-hybridized carbons (Fsp3) is 0.444. The lowest BCUT2D eigenvalue weighted by Gasteiger charge is -2.22. The molecular formula is C27H32N2O5. The van der Waals surface area contributed by atoms with E-state index in [1.807, 2.05) is 31.2 Å². The van der Waals surface area contributed by atoms with Gasteiger partial charge in [0.2, 0.25) is 5.91 Å². The number of hydrogen-bond acceptors (Lipinski definition) is 4. The van der Waals surface area contributed by atoms with Crippen LogP contribution < -0.4 is 10.6 Å². The van der Waals surface area contributed by atoms with Gasteiger partial charge in [-0.05, 0) is 47.4 Å². The maximum Gasteiger partial charge on any atom is 0.407 e. The minimum absolute atomic E-state index is 0.00325. The smallest absolute Gasteiger partial charge is 0.407 e. The van der Waals surface area contributed by atoms with Gasteiger partial charge in [-0.1, -0.05) is 61.9 Å². The zero-order chi connectivity index (χ0) is 24.1. The number of carboxylic acid groups (broad SMARTS) is 1. The quantitative estimate of drug-likeness (QED) is 0.508. The molecule has 1 saturated carbocycles. The van der Waals surface area contributed by atoms with Crippen LogP contribution in [0.25, 0.3) is 11.1 Å². The van der Waals surface area contributed by atoms with Crippen molar-refractivity contribution >= 4 is 18.0 Å². The number of aliphatic carboxylic acids is 1. The number of amides is 2. The molecule has 7 nitrogen and oxygen atoms in total. The monoisotopic (exact) mass is 464 g/mol. The van der Waals surface area contributed by atoms with E-state index in [1.54, 1.807) is 0 Å². The molecule has 0 heterocycles. The standard InChI is InChI=1S/C27H32N2O5/c1-2-18(15-26(31)32)28-25(30)14-17-8-7-13-24(17)29-27(33)34-16-23-21-11-5-3-9-19(21)20-10-4-6-12-22(20)23/h3-6,9-12,17-18,23-24H,2,7-8,13-16H2,1H3,(H,28,30)(H,29,33)(H,31,32)/t17?,18-,24?/m1/s1. The lowest BCUT2D eigenvalue weighted by molar-refractivity contribution is -0.137. The minimum Gasteiger partial charge on any atom is -0.481 e. The maximum atomic E-state index is 12.7. The zero-order valence-electron chi connectivity index (χ0n) is 19.5. The Balaban J connectivity index is 1.31. The lowest BCUT2D eigenvalue weighted by atomic mass is 9.98. The Bertz CT molecular complexity index is 1010. The predicted molar refractivity (Wildman–Crippen MR) is 128 cm³/mol. The van der Waals surface area contributed by atoms with E-state index in [0.717, 1.165) is 19.3 Å². The molecule has 0 bridgehead atoms. The molecule has 2 aliphatic rings. The maximum absolute atomic E-state index is 12.7. The molecule has 3 atom stereocenters. The van der Waals surface area contributed by atoms with Crippen LogP contribution in [0, 0.1) is 5.92 Å². The number of carbonyl (C=O) groups excluding carboxylic acids is 2. The van der Waals surface area contributed by atoms with Gasteiger partial charge in [0.1, 0.15) is 6.61 Å². The Morgan fingerprint density at radius 3 is 2.29 bits per heavy atom. The molecule has 2 aliphatic carbocycles. The molecule has 0 saturated heterocycles. The SMILES string of the molecule is CC[C@H](CC(=O)O)NC(=O)CC1CCCC1NC(=O)OCC1c2ccccc2-c2ccccc21. The van der Waals surface area contributed by atoms with E-state index in [0.29, 0.717) is 6.42 Å². The van der Waals surface area contributed by atoms with E-state index in [2.05, 4.69) is 34.9 Å². The molecular weight excluding hydrogens is 432 g/mol. The molecule has 0 aliphatic heterocycles. The molecule has 3 N–H and O–H groups in total. The topological polar surface area (TPSA) is 105 Å². The van der Waals surface area contributed by atoms with Crippen LogP contribution in [0.3, 0.4) is 0 Å². The molecule has 0 radical (unpaired) electrons. The predicted octanol–water partition coefficient (Wildman–Crippen LogP) is 4.45. The van der Waals surface area contributed by atoms with Crippen molar-refractivity contribution in [2.75, 3.05) is 6.61 Å². The number of nitrogens with one attached hydrogen (secondary N) is 2. The van der Waals surface area contributed by atoms with Crippen LogP contribution in [0.15, 0.2) is 48.5 Å². The van der Waals surface area contributed by atoms with E-state index in [-0.39, 0.29) is 49.3 Å². The summed E-state index contributed by atoms with van der Waals surface area (Å²) in [5, 5.41) is 14.8. The lowest BCUT2D eigenvalue weighted by Crippen LogP contribution is -2.42. The summed E-state index contributed by atoms with van der Waals surface area (Å²) in [7, 11) is 0. The van der Waals surface area contributed by atoms with Gasteiger partial charge in [-0.2, -0.15) is 0 Å². The second-order valence-electron chi connectivity index (χ2n) is 9.24. The van der Waals surface area contributed by atoms with Gasteiger partial charge < -0.3 is 20.5 Å². The summed E-state index contributed by atoms with van der Waals surface area (Å²) in [6.07, 6.45) is 2.85. The van der Waals surface area contributed by atoms with Gasteiger partial charge in [-0.15, -0.1) is 0 Å². The van der Waals surface area contributed by atoms with Gasteiger partial charge >= 0.3 is 12.1 Å². The molecule has 2 aromatic carbocycles. The molecule has 180 valence electrons. The summed E-state index contributed by atoms with van der Waals surface area (Å²) < 4.78 is 5.66. The summed E-state index contributed by atoms with van der Waals surface area (Å²) in [5.74, 6) is -1.08. The van der Waals surface area contributed by atoms with Gasteiger partial charge in [0.05, 0.1) is 6.42 Å². The number of carboxylic acids is 1. The Kier molecular flexibility index (Phi) is 7.50. The molecule has 1 fully saturated rings. The molecule has 7 heteroatoms. The van der Waals surface area contributed by atoms with E-state index in [4.69, 9.17) is 9.84 Å². The largest absolute Gasteiger partial charge is 0.481 e. The summed E-state index contributed by atoms with van der Waals surface area (Å²) >= 11 is 0. The highest BCUT2D eigenvalue weighted by Crippen LogP contribution is 2.44. The number of ether oxygens (including phenoxy) is 1. The van der Waals surface area contributed by atoms with Crippen molar-refractivity contribution in [3.63, 3.8) is 0 Å². The number of fused-ring (bicyclic) bond motifs is 3. The highest BCUT2D eigenvalue weighted by Gasteiger charge is 2.33. The van der Waals surface area contributed by atoms with E-state index >= 15 is 0 Å². The Morgan fingerprint density at radius 2 is 1.68 bits per heavy atom. The summed E-state index contributed by atoms with van der Waals surface area (Å²) in [6, 6.07) is 15.9. The highest BCUT2D eigenvalue weighted by atomic mass is 16.5. The minimum atomic E-state index is -0.928. The van der Waals surface area contributed by atoms with Crippen LogP contribution in [-0.4, -0.2) is 41.8 Å². The van der Waals surface area contributed by atoms with Crippen LogP contribution >= 0.6 is 0 Å². The van der Waals surface area contributed by atoms with Gasteiger partial charge in [0, 0.05) is 24.4 Å². The Labute approximate surface area is 199 Å². The van der Waals surface area contributed by atoms with E-state index in [1.165, 1.54) is 22.3 Å². The van der Waals surface area contributed by atoms with Gasteiger partial charge in [0.25, 0.3) is 0 Å². The number of carbonyl (C=O) groups is 3. The fourth-order valence-corrected chi connectivity index (χ4v) is 5.30. The second kappa shape index (κ2) is 10.7. The molecule has 34 heavy (non-hydrogen) atoms. The first-order chi connectivity index (χ1) is 16.5. The first kappa shape index (κ1) is 23.8. The second-order valence-corrected chi connectivity index (χ2v) is 9.24. The van der Waals surface area contributed by atoms with Crippen LogP contribution in [-0.2, 0) is 14.3 Å². The molecule has 2 aromatic rings. The van der Waals surface area contributed by atoms with Crippen molar-refractivity contribution in [3.8, 4) is 11.1 Å². The summed E-state index contributed by atoms with van der Waals surface area (Å²) in [4.78, 5) is 36.1. The van der Waals surface area contributed by atoms with Gasteiger partial charge in [-0.25, -0.2) is 4.79 Å². The summed E-state index contributed by atoms with van der Waals surface area (Å²) in [5.41, 5.74) is 4.70. The van der Waals surface area contributed by atoms with Crippen molar-refractivity contribution in [1.29, 1.82) is 0 Å².